The summed E-state index contributed by atoms with van der Waals surface area (Å²) in [5.41, 5.74) is 1.65. The fraction of sp³-hybridized carbons (Fsp3) is 0.238. The Balaban J connectivity index is 1.57. The van der Waals surface area contributed by atoms with E-state index in [1.165, 1.54) is 5.01 Å². The molecule has 28 heavy (non-hydrogen) atoms. The molecule has 0 saturated carbocycles. The summed E-state index contributed by atoms with van der Waals surface area (Å²) < 4.78 is 5.08. The summed E-state index contributed by atoms with van der Waals surface area (Å²) in [5.74, 6) is -1.30. The van der Waals surface area contributed by atoms with Gasteiger partial charge in [0.1, 0.15) is 5.71 Å². The van der Waals surface area contributed by atoms with Crippen LogP contribution in [0, 0.1) is 0 Å². The second kappa shape index (κ2) is 8.94. The molecule has 2 amide bonds. The van der Waals surface area contributed by atoms with Crippen LogP contribution in [0.3, 0.4) is 0 Å². The molecule has 0 radical (unpaired) electrons. The van der Waals surface area contributed by atoms with E-state index in [0.29, 0.717) is 5.69 Å². The van der Waals surface area contributed by atoms with Crippen molar-refractivity contribution in [2.24, 2.45) is 5.10 Å². The molecule has 0 unspecified atom stereocenters. The highest BCUT2D eigenvalue weighted by Gasteiger charge is 2.26. The van der Waals surface area contributed by atoms with Crippen molar-refractivity contribution in [2.45, 2.75) is 25.8 Å². The lowest BCUT2D eigenvalue weighted by Gasteiger charge is -2.22. The van der Waals surface area contributed by atoms with Crippen LogP contribution < -0.4 is 10.3 Å². The minimum Gasteiger partial charge on any atom is -0.451 e. The molecule has 7 nitrogen and oxygen atoms in total. The number of carbonyl (C=O) groups excluding carboxylic acids is 3. The number of ether oxygens (including phenoxy) is 1. The Morgan fingerprint density at radius 2 is 1.71 bits per heavy atom. The van der Waals surface area contributed by atoms with Crippen LogP contribution in [0.4, 0.5) is 5.69 Å². The summed E-state index contributed by atoms with van der Waals surface area (Å²) in [5, 5.41) is 8.08. The van der Waals surface area contributed by atoms with Crippen molar-refractivity contribution >= 4 is 29.2 Å². The fourth-order valence-electron chi connectivity index (χ4n) is 2.79. The van der Waals surface area contributed by atoms with E-state index in [1.807, 2.05) is 43.3 Å². The molecule has 0 aliphatic carbocycles. The molecule has 2 aromatic rings. The molecule has 7 heteroatoms. The molecule has 0 bridgehead atoms. The number of hydrogen-bond donors (Lipinski definition) is 1. The van der Waals surface area contributed by atoms with Crippen LogP contribution in [0.5, 0.6) is 0 Å². The highest BCUT2D eigenvalue weighted by atomic mass is 16.5. The molecule has 1 N–H and O–H groups in total. The molecule has 1 aliphatic rings. The van der Waals surface area contributed by atoms with Crippen LogP contribution in [-0.4, -0.2) is 30.1 Å². The number of nitrogens with one attached hydrogen (secondary N) is 1. The average molecular weight is 379 g/mol. The van der Waals surface area contributed by atoms with E-state index >= 15 is 0 Å². The summed E-state index contributed by atoms with van der Waals surface area (Å²) in [4.78, 5) is 36.4. The monoisotopic (exact) mass is 379 g/mol. The first-order chi connectivity index (χ1) is 13.5. The van der Waals surface area contributed by atoms with E-state index < -0.39 is 18.5 Å². The van der Waals surface area contributed by atoms with Crippen molar-refractivity contribution < 1.29 is 19.1 Å². The quantitative estimate of drug-likeness (QED) is 0.782. The normalized spacial score (nSPS) is 14.8. The van der Waals surface area contributed by atoms with Crippen LogP contribution in [0.2, 0.25) is 0 Å². The highest BCUT2D eigenvalue weighted by molar-refractivity contribution is 6.38. The van der Waals surface area contributed by atoms with Crippen molar-refractivity contribution in [2.75, 3.05) is 11.6 Å². The van der Waals surface area contributed by atoms with Gasteiger partial charge in [0.25, 0.3) is 5.91 Å². The van der Waals surface area contributed by atoms with E-state index in [4.69, 9.17) is 4.74 Å². The van der Waals surface area contributed by atoms with Gasteiger partial charge in [-0.3, -0.25) is 9.59 Å². The topological polar surface area (TPSA) is 88.1 Å². The Labute approximate surface area is 163 Å². The van der Waals surface area contributed by atoms with Crippen LogP contribution in [0.25, 0.3) is 0 Å². The summed E-state index contributed by atoms with van der Waals surface area (Å²) in [6.45, 7) is 1.44. The Bertz CT molecular complexity index is 881. The lowest BCUT2D eigenvalue weighted by molar-refractivity contribution is -0.142. The number of anilines is 1. The molecular formula is C21H21N3O4. The van der Waals surface area contributed by atoms with Gasteiger partial charge in [-0.2, -0.15) is 5.10 Å². The van der Waals surface area contributed by atoms with Crippen LogP contribution in [0.15, 0.2) is 65.8 Å². The maximum absolute atomic E-state index is 12.3. The molecule has 3 rings (SSSR count). The largest absolute Gasteiger partial charge is 0.451 e. The SMILES string of the molecule is C[C@H](NC(=O)COC(=O)C1=NN(c2ccccc2)C(=O)CC1)c1ccccc1. The van der Waals surface area contributed by atoms with Gasteiger partial charge in [-0.15, -0.1) is 0 Å². The van der Waals surface area contributed by atoms with Crippen molar-refractivity contribution in [3.05, 3.63) is 66.2 Å². The first-order valence-electron chi connectivity index (χ1n) is 9.01. The first-order valence-corrected chi connectivity index (χ1v) is 9.01. The number of hydrazone groups is 1. The second-order valence-corrected chi connectivity index (χ2v) is 6.36. The van der Waals surface area contributed by atoms with Crippen LogP contribution in [-0.2, 0) is 19.1 Å². The Morgan fingerprint density at radius 1 is 1.07 bits per heavy atom. The maximum Gasteiger partial charge on any atom is 0.355 e. The minimum atomic E-state index is -0.698. The van der Waals surface area contributed by atoms with Crippen LogP contribution in [0.1, 0.15) is 31.4 Å². The molecule has 1 atom stereocenters. The van der Waals surface area contributed by atoms with E-state index in [2.05, 4.69) is 10.4 Å². The zero-order valence-electron chi connectivity index (χ0n) is 15.5. The lowest BCUT2D eigenvalue weighted by atomic mass is 10.1. The van der Waals surface area contributed by atoms with Crippen molar-refractivity contribution in [1.82, 2.24) is 5.32 Å². The van der Waals surface area contributed by atoms with Gasteiger partial charge in [0.2, 0.25) is 5.91 Å². The van der Waals surface area contributed by atoms with Gasteiger partial charge in [0, 0.05) is 12.8 Å². The predicted octanol–water partition coefficient (Wildman–Crippen LogP) is 2.59. The third-order valence-corrected chi connectivity index (χ3v) is 4.28. The molecule has 144 valence electrons. The van der Waals surface area contributed by atoms with E-state index in [1.54, 1.807) is 24.3 Å². The summed E-state index contributed by atoms with van der Waals surface area (Å²) in [6.07, 6.45) is 0.336. The predicted molar refractivity (Wildman–Crippen MR) is 105 cm³/mol. The van der Waals surface area contributed by atoms with E-state index in [-0.39, 0.29) is 30.5 Å². The first kappa shape index (κ1) is 19.3. The Kier molecular flexibility index (Phi) is 6.16. The van der Waals surface area contributed by atoms with Gasteiger partial charge < -0.3 is 10.1 Å². The highest BCUT2D eigenvalue weighted by Crippen LogP contribution is 2.20. The molecule has 0 aromatic heterocycles. The lowest BCUT2D eigenvalue weighted by Crippen LogP contribution is -2.36. The number of para-hydroxylation sites is 1. The molecule has 1 aliphatic heterocycles. The number of esters is 1. The molecule has 0 saturated heterocycles. The van der Waals surface area contributed by atoms with Crippen molar-refractivity contribution in [3.63, 3.8) is 0 Å². The summed E-state index contributed by atoms with van der Waals surface area (Å²) in [6, 6.07) is 18.1. The van der Waals surface area contributed by atoms with Crippen molar-refractivity contribution in [1.29, 1.82) is 0 Å². The van der Waals surface area contributed by atoms with Crippen LogP contribution >= 0.6 is 0 Å². The zero-order chi connectivity index (χ0) is 19.9. The number of rotatable bonds is 6. The smallest absolute Gasteiger partial charge is 0.355 e. The third-order valence-electron chi connectivity index (χ3n) is 4.28. The van der Waals surface area contributed by atoms with Gasteiger partial charge in [-0.1, -0.05) is 48.5 Å². The van der Waals surface area contributed by atoms with Gasteiger partial charge >= 0.3 is 5.97 Å². The maximum atomic E-state index is 12.3. The van der Waals surface area contributed by atoms with Gasteiger partial charge in [0.15, 0.2) is 6.61 Å². The minimum absolute atomic E-state index is 0.118. The van der Waals surface area contributed by atoms with Gasteiger partial charge in [0.05, 0.1) is 11.7 Å². The van der Waals surface area contributed by atoms with Gasteiger partial charge in [-0.05, 0) is 24.6 Å². The number of benzene rings is 2. The number of amides is 2. The fourth-order valence-corrected chi connectivity index (χ4v) is 2.79. The molecule has 0 fully saturated rings. The Hall–Kier alpha value is -3.48. The Morgan fingerprint density at radius 3 is 2.39 bits per heavy atom. The zero-order valence-corrected chi connectivity index (χ0v) is 15.5. The van der Waals surface area contributed by atoms with Crippen molar-refractivity contribution in [3.8, 4) is 0 Å². The second-order valence-electron chi connectivity index (χ2n) is 6.36. The summed E-state index contributed by atoms with van der Waals surface area (Å²) >= 11 is 0. The molecular weight excluding hydrogens is 358 g/mol. The molecule has 1 heterocycles. The average Bonchev–Trinajstić information content (AvgIpc) is 2.73. The molecule has 2 aromatic carbocycles. The molecule has 0 spiro atoms. The summed E-state index contributed by atoms with van der Waals surface area (Å²) in [7, 11) is 0. The number of carbonyl (C=O) groups is 3. The van der Waals surface area contributed by atoms with E-state index in [9.17, 15) is 14.4 Å². The standard InChI is InChI=1S/C21H21N3O4/c1-15(16-8-4-2-5-9-16)22-19(25)14-28-21(27)18-12-13-20(26)24(23-18)17-10-6-3-7-11-17/h2-11,15H,12-14H2,1H3,(H,22,25)/t15-/m0/s1. The third kappa shape index (κ3) is 4.82. The number of hydrogen-bond acceptors (Lipinski definition) is 5. The number of nitrogens with zero attached hydrogens (tertiary/aromatic N) is 2. The van der Waals surface area contributed by atoms with Gasteiger partial charge in [-0.25, -0.2) is 9.80 Å². The van der Waals surface area contributed by atoms with E-state index in [0.717, 1.165) is 5.56 Å².